The van der Waals surface area contributed by atoms with Gasteiger partial charge in [0.2, 0.25) is 0 Å². The van der Waals surface area contributed by atoms with Crippen LogP contribution in [0.25, 0.3) is 10.1 Å². The lowest BCUT2D eigenvalue weighted by atomic mass is 10.2. The summed E-state index contributed by atoms with van der Waals surface area (Å²) < 4.78 is 3.18. The summed E-state index contributed by atoms with van der Waals surface area (Å²) in [7, 11) is 1.68. The van der Waals surface area contributed by atoms with Gasteiger partial charge in [-0.2, -0.15) is 0 Å². The van der Waals surface area contributed by atoms with Crippen molar-refractivity contribution in [1.29, 1.82) is 5.41 Å². The molecule has 8 nitrogen and oxygen atoms in total. The molecule has 0 amide bonds. The largest absolute Gasteiger partial charge is 0.356 e. The molecule has 0 atom stereocenters. The van der Waals surface area contributed by atoms with Crippen molar-refractivity contribution >= 4 is 33.2 Å². The van der Waals surface area contributed by atoms with E-state index >= 15 is 0 Å². The van der Waals surface area contributed by atoms with Gasteiger partial charge in [0.15, 0.2) is 10.9 Å². The highest BCUT2D eigenvalue weighted by molar-refractivity contribution is 7.14. The molecule has 0 spiro atoms. The molecule has 0 radical (unpaired) electrons. The number of benzene rings is 1. The lowest BCUT2D eigenvalue weighted by Crippen LogP contribution is -2.27. The standard InChI is InChI=1S/C14H10N4O4S/c1-16-5-4-11(19)10(7-16)14(20)17-13(15)9-6-8(18(21)22)2-3-12(9)23-17/h2-7,15H,1H3. The first kappa shape index (κ1) is 14.9. The number of rotatable bonds is 2. The number of hydrogen-bond acceptors (Lipinski definition) is 6. The number of aromatic nitrogens is 2. The molecule has 3 aromatic rings. The molecule has 23 heavy (non-hydrogen) atoms. The first-order chi connectivity index (χ1) is 10.9. The smallest absolute Gasteiger partial charge is 0.278 e. The van der Waals surface area contributed by atoms with Gasteiger partial charge >= 0.3 is 0 Å². The Morgan fingerprint density at radius 3 is 2.78 bits per heavy atom. The van der Waals surface area contributed by atoms with Crippen molar-refractivity contribution in [1.82, 2.24) is 8.52 Å². The van der Waals surface area contributed by atoms with E-state index in [-0.39, 0.29) is 16.7 Å². The van der Waals surface area contributed by atoms with Crippen LogP contribution in [0.15, 0.2) is 41.5 Å². The van der Waals surface area contributed by atoms with Crippen molar-refractivity contribution in [2.75, 3.05) is 0 Å². The highest BCUT2D eigenvalue weighted by atomic mass is 32.1. The molecule has 0 saturated carbocycles. The predicted octanol–water partition coefficient (Wildman–Crippen LogP) is 1.48. The SMILES string of the molecule is Cn1ccc(=O)c(C(=O)n2sc3ccc([N+](=O)[O-])cc3c2=N)c1. The Labute approximate surface area is 132 Å². The second-order valence-corrected chi connectivity index (χ2v) is 5.85. The summed E-state index contributed by atoms with van der Waals surface area (Å²) in [5.74, 6) is -0.625. The summed E-state index contributed by atoms with van der Waals surface area (Å²) in [5.41, 5.74) is -0.832. The number of nitro groups is 1. The highest BCUT2D eigenvalue weighted by Gasteiger charge is 2.18. The topological polar surface area (TPSA) is 111 Å². The number of nitro benzene ring substituents is 1. The highest BCUT2D eigenvalue weighted by Crippen LogP contribution is 2.22. The fraction of sp³-hybridized carbons (Fsp3) is 0.0714. The molecule has 0 saturated heterocycles. The van der Waals surface area contributed by atoms with Crippen LogP contribution in [0.2, 0.25) is 0 Å². The minimum Gasteiger partial charge on any atom is -0.356 e. The molecule has 0 aliphatic heterocycles. The first-order valence-corrected chi connectivity index (χ1v) is 7.22. The van der Waals surface area contributed by atoms with Crippen molar-refractivity contribution in [3.8, 4) is 0 Å². The molecule has 2 aromatic heterocycles. The number of carbonyl (C=O) groups excluding carboxylic acids is 1. The minimum absolute atomic E-state index is 0.0606. The Kier molecular flexibility index (Phi) is 3.41. The number of nitrogens with zero attached hydrogens (tertiary/aromatic N) is 3. The van der Waals surface area contributed by atoms with Gasteiger partial charge < -0.3 is 4.57 Å². The van der Waals surface area contributed by atoms with Crippen LogP contribution < -0.4 is 10.9 Å². The summed E-state index contributed by atoms with van der Waals surface area (Å²) in [6, 6.07) is 5.33. The number of pyridine rings is 1. The van der Waals surface area contributed by atoms with Crippen LogP contribution in [-0.4, -0.2) is 19.4 Å². The minimum atomic E-state index is -0.625. The van der Waals surface area contributed by atoms with Crippen molar-refractivity contribution in [2.24, 2.45) is 7.05 Å². The lowest BCUT2D eigenvalue weighted by molar-refractivity contribution is -0.384. The molecule has 1 N–H and O–H groups in total. The summed E-state index contributed by atoms with van der Waals surface area (Å²) in [6.45, 7) is 0. The van der Waals surface area contributed by atoms with E-state index in [1.165, 1.54) is 36.7 Å². The van der Waals surface area contributed by atoms with Gasteiger partial charge in [-0.15, -0.1) is 0 Å². The van der Waals surface area contributed by atoms with E-state index in [9.17, 15) is 19.7 Å². The third-order valence-corrected chi connectivity index (χ3v) is 4.38. The van der Waals surface area contributed by atoms with E-state index in [0.717, 1.165) is 15.5 Å². The number of non-ortho nitro benzene ring substituents is 1. The van der Waals surface area contributed by atoms with Crippen molar-refractivity contribution < 1.29 is 9.72 Å². The van der Waals surface area contributed by atoms with Crippen LogP contribution in [0, 0.1) is 15.5 Å². The zero-order valence-corrected chi connectivity index (χ0v) is 12.7. The van der Waals surface area contributed by atoms with Crippen molar-refractivity contribution in [3.05, 3.63) is 68.0 Å². The summed E-state index contributed by atoms with van der Waals surface area (Å²) in [4.78, 5) is 34.7. The maximum atomic E-state index is 12.5. The van der Waals surface area contributed by atoms with Gasteiger partial charge in [-0.25, -0.2) is 3.96 Å². The van der Waals surface area contributed by atoms with E-state index in [4.69, 9.17) is 5.41 Å². The number of nitrogens with one attached hydrogen (secondary N) is 1. The second kappa shape index (κ2) is 5.29. The van der Waals surface area contributed by atoms with Crippen molar-refractivity contribution in [2.45, 2.75) is 0 Å². The van der Waals surface area contributed by atoms with Crippen molar-refractivity contribution in [3.63, 3.8) is 0 Å². The Hall–Kier alpha value is -3.07. The first-order valence-electron chi connectivity index (χ1n) is 6.44. The number of fused-ring (bicyclic) bond motifs is 1. The summed E-state index contributed by atoms with van der Waals surface area (Å²) >= 11 is 0.971. The van der Waals surface area contributed by atoms with Gasteiger partial charge in [0.25, 0.3) is 11.6 Å². The lowest BCUT2D eigenvalue weighted by Gasteiger charge is -2.02. The Morgan fingerprint density at radius 1 is 1.35 bits per heavy atom. The molecule has 9 heteroatoms. The molecule has 0 bridgehead atoms. The van der Waals surface area contributed by atoms with E-state index < -0.39 is 16.3 Å². The molecule has 2 heterocycles. The Morgan fingerprint density at radius 2 is 2.09 bits per heavy atom. The Bertz CT molecular complexity index is 1080. The molecule has 0 fully saturated rings. The predicted molar refractivity (Wildman–Crippen MR) is 83.7 cm³/mol. The maximum Gasteiger partial charge on any atom is 0.278 e. The van der Waals surface area contributed by atoms with Crippen LogP contribution >= 0.6 is 11.5 Å². The Balaban J connectivity index is 2.20. The molecule has 0 aliphatic rings. The number of aryl methyl sites for hydroxylation is 1. The van der Waals surface area contributed by atoms with Gasteiger partial charge in [-0.3, -0.25) is 25.1 Å². The molecular weight excluding hydrogens is 320 g/mol. The molecule has 0 aliphatic carbocycles. The summed E-state index contributed by atoms with van der Waals surface area (Å²) in [5, 5.41) is 19.2. The van der Waals surface area contributed by atoms with E-state index in [1.54, 1.807) is 11.6 Å². The normalized spacial score (nSPS) is 10.8. The average Bonchev–Trinajstić information content (AvgIpc) is 2.85. The third-order valence-electron chi connectivity index (χ3n) is 3.30. The molecular formula is C14H10N4O4S. The van der Waals surface area contributed by atoms with Crippen LogP contribution in [0.1, 0.15) is 10.4 Å². The van der Waals surface area contributed by atoms with Crippen LogP contribution in [0.3, 0.4) is 0 Å². The monoisotopic (exact) mass is 330 g/mol. The van der Waals surface area contributed by atoms with Gasteiger partial charge in [0, 0.05) is 43.0 Å². The average molecular weight is 330 g/mol. The van der Waals surface area contributed by atoms with Crippen LogP contribution in [-0.2, 0) is 7.05 Å². The molecule has 0 unspecified atom stereocenters. The molecule has 1 aromatic carbocycles. The summed E-state index contributed by atoms with van der Waals surface area (Å²) in [6.07, 6.45) is 2.92. The van der Waals surface area contributed by atoms with Gasteiger partial charge in [0.05, 0.1) is 9.62 Å². The quantitative estimate of drug-likeness (QED) is 0.566. The van der Waals surface area contributed by atoms with Crippen LogP contribution in [0.4, 0.5) is 5.69 Å². The number of carbonyl (C=O) groups is 1. The fourth-order valence-corrected chi connectivity index (χ4v) is 3.10. The van der Waals surface area contributed by atoms with Gasteiger partial charge in [-0.1, -0.05) is 0 Å². The maximum absolute atomic E-state index is 12.5. The van der Waals surface area contributed by atoms with Gasteiger partial charge in [0.1, 0.15) is 5.56 Å². The molecule has 3 rings (SSSR count). The number of hydrogen-bond donors (Lipinski definition) is 1. The van der Waals surface area contributed by atoms with Crippen LogP contribution in [0.5, 0.6) is 0 Å². The van der Waals surface area contributed by atoms with Gasteiger partial charge in [-0.05, 0) is 17.6 Å². The van der Waals surface area contributed by atoms with E-state index in [2.05, 4.69) is 0 Å². The van der Waals surface area contributed by atoms with E-state index in [1.807, 2.05) is 0 Å². The molecule has 116 valence electrons. The third kappa shape index (κ3) is 2.46. The zero-order chi connectivity index (χ0) is 16.7. The fourth-order valence-electron chi connectivity index (χ4n) is 2.15. The zero-order valence-electron chi connectivity index (χ0n) is 11.8. The van der Waals surface area contributed by atoms with E-state index in [0.29, 0.717) is 10.1 Å². The second-order valence-electron chi connectivity index (χ2n) is 4.87.